The second-order valence-corrected chi connectivity index (χ2v) is 7.61. The van der Waals surface area contributed by atoms with Gasteiger partial charge in [-0.15, -0.1) is 0 Å². The fourth-order valence-corrected chi connectivity index (χ4v) is 4.28. The van der Waals surface area contributed by atoms with Gasteiger partial charge in [-0.25, -0.2) is 0 Å². The van der Waals surface area contributed by atoms with Crippen molar-refractivity contribution in [2.24, 2.45) is 5.92 Å². The number of benzene rings is 2. The van der Waals surface area contributed by atoms with Crippen molar-refractivity contribution in [3.8, 4) is 0 Å². The minimum Gasteiger partial charge on any atom is -0.365 e. The van der Waals surface area contributed by atoms with E-state index < -0.39 is 0 Å². The molecule has 1 amide bonds. The summed E-state index contributed by atoms with van der Waals surface area (Å²) in [5, 5.41) is 14.3. The highest BCUT2D eigenvalue weighted by Gasteiger charge is 2.41. The van der Waals surface area contributed by atoms with E-state index in [9.17, 15) is 14.9 Å². The third-order valence-electron chi connectivity index (χ3n) is 5.76. The first kappa shape index (κ1) is 18.4. The minimum absolute atomic E-state index is 0.00584. The number of anilines is 1. The molecular weight excluding hydrogens is 356 g/mol. The van der Waals surface area contributed by atoms with Gasteiger partial charge in [-0.3, -0.25) is 14.9 Å². The van der Waals surface area contributed by atoms with Gasteiger partial charge < -0.3 is 15.1 Å². The number of nitrogens with one attached hydrogen (secondary N) is 1. The van der Waals surface area contributed by atoms with Crippen molar-refractivity contribution in [2.45, 2.75) is 19.0 Å². The van der Waals surface area contributed by atoms with E-state index in [2.05, 4.69) is 22.2 Å². The van der Waals surface area contributed by atoms with Crippen LogP contribution in [0.15, 0.2) is 48.5 Å². The van der Waals surface area contributed by atoms with Crippen LogP contribution in [0.5, 0.6) is 0 Å². The third kappa shape index (κ3) is 3.57. The highest BCUT2D eigenvalue weighted by molar-refractivity contribution is 5.82. The molecular formula is C21H24N4O3. The molecule has 2 aliphatic rings. The van der Waals surface area contributed by atoms with Gasteiger partial charge in [0.1, 0.15) is 0 Å². The van der Waals surface area contributed by atoms with Gasteiger partial charge in [0.25, 0.3) is 5.69 Å². The van der Waals surface area contributed by atoms with Crippen molar-refractivity contribution in [1.29, 1.82) is 0 Å². The van der Waals surface area contributed by atoms with Crippen LogP contribution in [0.1, 0.15) is 11.1 Å². The van der Waals surface area contributed by atoms with E-state index >= 15 is 0 Å². The maximum atomic E-state index is 13.1. The Kier molecular flexibility index (Phi) is 5.00. The van der Waals surface area contributed by atoms with Crippen LogP contribution in [-0.4, -0.2) is 48.5 Å². The molecule has 2 aliphatic heterocycles. The zero-order chi connectivity index (χ0) is 19.7. The lowest BCUT2D eigenvalue weighted by atomic mass is 9.83. The van der Waals surface area contributed by atoms with Crippen LogP contribution >= 0.6 is 0 Å². The smallest absolute Gasteiger partial charge is 0.269 e. The van der Waals surface area contributed by atoms with E-state index in [1.54, 1.807) is 12.1 Å². The Morgan fingerprint density at radius 1 is 1.21 bits per heavy atom. The fourth-order valence-electron chi connectivity index (χ4n) is 4.28. The predicted molar refractivity (Wildman–Crippen MR) is 107 cm³/mol. The Morgan fingerprint density at radius 2 is 2.00 bits per heavy atom. The number of nitro benzene ring substituents is 1. The van der Waals surface area contributed by atoms with Crippen molar-refractivity contribution < 1.29 is 9.72 Å². The highest BCUT2D eigenvalue weighted by atomic mass is 16.6. The number of likely N-dealkylation sites (N-methyl/N-ethyl adjacent to an activating group) is 1. The summed E-state index contributed by atoms with van der Waals surface area (Å²) >= 11 is 0. The van der Waals surface area contributed by atoms with Crippen LogP contribution in [0.2, 0.25) is 0 Å². The first-order valence-corrected chi connectivity index (χ1v) is 9.57. The van der Waals surface area contributed by atoms with E-state index in [1.807, 2.05) is 36.4 Å². The number of carbonyl (C=O) groups excluding carboxylic acids is 1. The van der Waals surface area contributed by atoms with Gasteiger partial charge in [0.2, 0.25) is 5.91 Å². The zero-order valence-corrected chi connectivity index (χ0v) is 15.9. The van der Waals surface area contributed by atoms with Gasteiger partial charge in [0, 0.05) is 44.0 Å². The van der Waals surface area contributed by atoms with Crippen LogP contribution in [0.4, 0.5) is 11.4 Å². The summed E-state index contributed by atoms with van der Waals surface area (Å²) in [6, 6.07) is 14.9. The number of carbonyl (C=O) groups is 1. The number of hydrogen-bond acceptors (Lipinski definition) is 5. The van der Waals surface area contributed by atoms with Crippen LogP contribution < -0.4 is 10.2 Å². The summed E-state index contributed by atoms with van der Waals surface area (Å²) in [4.78, 5) is 28.4. The van der Waals surface area contributed by atoms with Crippen molar-refractivity contribution in [2.75, 3.05) is 31.6 Å². The molecule has 2 aromatic carbocycles. The maximum absolute atomic E-state index is 13.1. The summed E-state index contributed by atoms with van der Waals surface area (Å²) in [5.41, 5.74) is 3.04. The van der Waals surface area contributed by atoms with Crippen LogP contribution in [-0.2, 0) is 17.8 Å². The van der Waals surface area contributed by atoms with E-state index in [0.717, 1.165) is 36.4 Å². The topological polar surface area (TPSA) is 78.7 Å². The molecule has 146 valence electrons. The summed E-state index contributed by atoms with van der Waals surface area (Å²) in [5.74, 6) is -0.229. The van der Waals surface area contributed by atoms with Crippen LogP contribution in [0, 0.1) is 16.0 Å². The standard InChI is InChI=1S/C21H24N4O3/c1-23-9-10-24-19-8-7-17(25(27)28)11-16(19)12-18(20(24)14-23)21(26)22-13-15-5-3-2-4-6-15/h2-8,11,18,20H,9-10,12-14H2,1H3,(H,22,26)/t18-,20+/m0/s1. The van der Waals surface area contributed by atoms with Gasteiger partial charge >= 0.3 is 0 Å². The maximum Gasteiger partial charge on any atom is 0.269 e. The predicted octanol–water partition coefficient (Wildman–Crippen LogP) is 2.20. The first-order valence-electron chi connectivity index (χ1n) is 9.57. The molecule has 0 radical (unpaired) electrons. The molecule has 4 rings (SSSR count). The molecule has 2 aromatic rings. The lowest BCUT2D eigenvalue weighted by Gasteiger charge is -2.48. The van der Waals surface area contributed by atoms with E-state index in [4.69, 9.17) is 0 Å². The van der Waals surface area contributed by atoms with Crippen molar-refractivity contribution >= 4 is 17.3 Å². The van der Waals surface area contributed by atoms with Crippen LogP contribution in [0.3, 0.4) is 0 Å². The van der Waals surface area contributed by atoms with Crippen molar-refractivity contribution in [3.63, 3.8) is 0 Å². The van der Waals surface area contributed by atoms with E-state index in [1.165, 1.54) is 0 Å². The molecule has 0 spiro atoms. The fraction of sp³-hybridized carbons (Fsp3) is 0.381. The lowest BCUT2D eigenvalue weighted by Crippen LogP contribution is -2.60. The van der Waals surface area contributed by atoms with Crippen molar-refractivity contribution in [1.82, 2.24) is 10.2 Å². The average Bonchev–Trinajstić information content (AvgIpc) is 2.71. The molecule has 0 bridgehead atoms. The molecule has 28 heavy (non-hydrogen) atoms. The normalized spacial score (nSPS) is 21.5. The number of rotatable bonds is 4. The van der Waals surface area contributed by atoms with E-state index in [0.29, 0.717) is 13.0 Å². The van der Waals surface area contributed by atoms with Crippen molar-refractivity contribution in [3.05, 3.63) is 69.8 Å². The van der Waals surface area contributed by atoms with Gasteiger partial charge in [-0.2, -0.15) is 0 Å². The summed E-state index contributed by atoms with van der Waals surface area (Å²) in [6.07, 6.45) is 0.520. The zero-order valence-electron chi connectivity index (χ0n) is 15.9. The monoisotopic (exact) mass is 380 g/mol. The highest BCUT2D eigenvalue weighted by Crippen LogP contribution is 2.37. The SMILES string of the molecule is CN1CCN2c3ccc([N+](=O)[O-])cc3C[C@H](C(=O)NCc3ccccc3)[C@H]2C1. The Hall–Kier alpha value is -2.93. The molecule has 1 fully saturated rings. The molecule has 7 nitrogen and oxygen atoms in total. The Balaban J connectivity index is 1.59. The van der Waals surface area contributed by atoms with Gasteiger partial charge in [-0.1, -0.05) is 30.3 Å². The van der Waals surface area contributed by atoms with Crippen LogP contribution in [0.25, 0.3) is 0 Å². The number of non-ortho nitro benzene ring substituents is 1. The Bertz CT molecular complexity index is 886. The molecule has 7 heteroatoms. The van der Waals surface area contributed by atoms with E-state index in [-0.39, 0.29) is 28.5 Å². The minimum atomic E-state index is -0.374. The summed E-state index contributed by atoms with van der Waals surface area (Å²) in [7, 11) is 2.07. The first-order chi connectivity index (χ1) is 13.5. The summed E-state index contributed by atoms with van der Waals surface area (Å²) < 4.78 is 0. The number of fused-ring (bicyclic) bond motifs is 3. The molecule has 2 atom stereocenters. The van der Waals surface area contributed by atoms with Gasteiger partial charge in [-0.05, 0) is 30.7 Å². The Morgan fingerprint density at radius 3 is 2.75 bits per heavy atom. The second-order valence-electron chi connectivity index (χ2n) is 7.61. The number of hydrogen-bond donors (Lipinski definition) is 1. The number of piperazine rings is 1. The molecule has 1 saturated heterocycles. The molecule has 0 unspecified atom stereocenters. The molecule has 0 aliphatic carbocycles. The van der Waals surface area contributed by atoms with Gasteiger partial charge in [0.05, 0.1) is 16.9 Å². The van der Waals surface area contributed by atoms with Gasteiger partial charge in [0.15, 0.2) is 0 Å². The second kappa shape index (κ2) is 7.59. The number of amides is 1. The molecule has 2 heterocycles. The Labute approximate surface area is 164 Å². The quantitative estimate of drug-likeness (QED) is 0.650. The number of nitrogens with zero attached hydrogens (tertiary/aromatic N) is 3. The molecule has 1 N–H and O–H groups in total. The average molecular weight is 380 g/mol. The summed E-state index contributed by atoms with van der Waals surface area (Å²) in [6.45, 7) is 3.01. The lowest BCUT2D eigenvalue weighted by molar-refractivity contribution is -0.384. The largest absolute Gasteiger partial charge is 0.365 e. The molecule has 0 aromatic heterocycles. The molecule has 0 saturated carbocycles. The third-order valence-corrected chi connectivity index (χ3v) is 5.76. The number of nitro groups is 1.